The van der Waals surface area contributed by atoms with Crippen LogP contribution in [0.5, 0.6) is 5.75 Å². The molecule has 0 saturated carbocycles. The van der Waals surface area contributed by atoms with Gasteiger partial charge < -0.3 is 5.11 Å². The molecular formula is C16H10Br2N2O2. The summed E-state index contributed by atoms with van der Waals surface area (Å²) in [5, 5.41) is 13.6. The number of carbonyl (C=O) groups is 1. The number of carbonyl (C=O) groups excluding carboxylic acids is 1. The number of hydrogen-bond acceptors (Lipinski definition) is 3. The van der Waals surface area contributed by atoms with Gasteiger partial charge >= 0.3 is 0 Å². The van der Waals surface area contributed by atoms with Gasteiger partial charge in [0.05, 0.1) is 17.3 Å². The molecule has 1 amide bonds. The van der Waals surface area contributed by atoms with Crippen molar-refractivity contribution in [2.75, 3.05) is 0 Å². The molecule has 110 valence electrons. The van der Waals surface area contributed by atoms with Crippen LogP contribution in [-0.2, 0) is 0 Å². The Bertz CT molecular complexity index is 795. The molecule has 4 nitrogen and oxygen atoms in total. The lowest BCUT2D eigenvalue weighted by Gasteiger charge is -2.04. The van der Waals surface area contributed by atoms with Gasteiger partial charge in [-0.3, -0.25) is 4.79 Å². The fourth-order valence-corrected chi connectivity index (χ4v) is 2.93. The van der Waals surface area contributed by atoms with Crippen molar-refractivity contribution in [2.24, 2.45) is 5.10 Å². The van der Waals surface area contributed by atoms with Crippen LogP contribution in [0.25, 0.3) is 0 Å². The van der Waals surface area contributed by atoms with Gasteiger partial charge in [0.2, 0.25) is 0 Å². The van der Waals surface area contributed by atoms with Crippen LogP contribution in [-0.4, -0.2) is 17.2 Å². The molecule has 0 saturated heterocycles. The van der Waals surface area contributed by atoms with Crippen LogP contribution in [0.3, 0.4) is 0 Å². The first-order chi connectivity index (χ1) is 10.5. The second-order valence-electron chi connectivity index (χ2n) is 4.21. The first-order valence-electron chi connectivity index (χ1n) is 6.10. The Kier molecular flexibility index (Phi) is 5.36. The molecule has 0 aromatic heterocycles. The van der Waals surface area contributed by atoms with Gasteiger partial charge in [0.15, 0.2) is 0 Å². The molecule has 6 heteroatoms. The minimum Gasteiger partial charge on any atom is -0.507 e. The van der Waals surface area contributed by atoms with Crippen molar-refractivity contribution in [3.8, 4) is 18.1 Å². The van der Waals surface area contributed by atoms with E-state index >= 15 is 0 Å². The Morgan fingerprint density at radius 1 is 1.32 bits per heavy atom. The van der Waals surface area contributed by atoms with E-state index < -0.39 is 0 Å². The molecule has 2 rings (SSSR count). The molecule has 0 unspecified atom stereocenters. The van der Waals surface area contributed by atoms with Gasteiger partial charge in [-0.2, -0.15) is 5.10 Å². The predicted octanol–water partition coefficient (Wildman–Crippen LogP) is 3.66. The Morgan fingerprint density at radius 3 is 2.77 bits per heavy atom. The number of aromatic hydroxyl groups is 1. The highest BCUT2D eigenvalue weighted by Crippen LogP contribution is 2.22. The molecule has 22 heavy (non-hydrogen) atoms. The second kappa shape index (κ2) is 7.25. The molecule has 0 aliphatic rings. The third-order valence-electron chi connectivity index (χ3n) is 2.77. The number of phenolic OH excluding ortho intramolecular Hbond substituents is 1. The predicted molar refractivity (Wildman–Crippen MR) is 92.9 cm³/mol. The minimum atomic E-state index is -0.381. The molecule has 0 fully saturated rings. The number of nitrogens with one attached hydrogen (secondary N) is 1. The van der Waals surface area contributed by atoms with Crippen molar-refractivity contribution in [3.63, 3.8) is 0 Å². The van der Waals surface area contributed by atoms with E-state index in [9.17, 15) is 9.90 Å². The number of terminal acetylenes is 1. The number of benzene rings is 2. The van der Waals surface area contributed by atoms with Crippen molar-refractivity contribution in [1.82, 2.24) is 5.43 Å². The number of amides is 1. The Balaban J connectivity index is 2.16. The maximum Gasteiger partial charge on any atom is 0.272 e. The number of nitrogens with zero attached hydrogens (tertiary/aromatic N) is 1. The van der Waals surface area contributed by atoms with Crippen LogP contribution in [0.1, 0.15) is 21.5 Å². The van der Waals surface area contributed by atoms with Crippen molar-refractivity contribution in [2.45, 2.75) is 0 Å². The summed E-state index contributed by atoms with van der Waals surface area (Å²) in [5.41, 5.74) is 3.70. The number of hydrazone groups is 1. The SMILES string of the molecule is C#Cc1cccc(O)c1C=NNC(=O)c1ccc(Br)cc1Br. The lowest BCUT2D eigenvalue weighted by Crippen LogP contribution is -2.18. The van der Waals surface area contributed by atoms with Crippen molar-refractivity contribution >= 4 is 44.0 Å². The summed E-state index contributed by atoms with van der Waals surface area (Å²) in [6.45, 7) is 0. The molecule has 2 aromatic rings. The quantitative estimate of drug-likeness (QED) is 0.451. The normalized spacial score (nSPS) is 10.4. The highest BCUT2D eigenvalue weighted by Gasteiger charge is 2.09. The van der Waals surface area contributed by atoms with Crippen LogP contribution in [0.4, 0.5) is 0 Å². The van der Waals surface area contributed by atoms with E-state index in [-0.39, 0.29) is 11.7 Å². The Labute approximate surface area is 144 Å². The zero-order valence-electron chi connectivity index (χ0n) is 11.2. The van der Waals surface area contributed by atoms with E-state index in [1.807, 2.05) is 0 Å². The molecule has 0 heterocycles. The highest BCUT2D eigenvalue weighted by molar-refractivity contribution is 9.11. The molecular weight excluding hydrogens is 412 g/mol. The van der Waals surface area contributed by atoms with E-state index in [1.165, 1.54) is 12.3 Å². The monoisotopic (exact) mass is 420 g/mol. The van der Waals surface area contributed by atoms with Crippen LogP contribution >= 0.6 is 31.9 Å². The van der Waals surface area contributed by atoms with Gasteiger partial charge in [-0.15, -0.1) is 6.42 Å². The first-order valence-corrected chi connectivity index (χ1v) is 7.68. The van der Waals surface area contributed by atoms with E-state index in [4.69, 9.17) is 6.42 Å². The van der Waals surface area contributed by atoms with Gasteiger partial charge in [0.25, 0.3) is 5.91 Å². The minimum absolute atomic E-state index is 0.00160. The average Bonchev–Trinajstić information content (AvgIpc) is 2.48. The molecule has 2 aromatic carbocycles. The number of rotatable bonds is 3. The fraction of sp³-hybridized carbons (Fsp3) is 0. The molecule has 0 aliphatic carbocycles. The van der Waals surface area contributed by atoms with Gasteiger partial charge in [-0.1, -0.05) is 27.9 Å². The topological polar surface area (TPSA) is 61.7 Å². The average molecular weight is 422 g/mol. The summed E-state index contributed by atoms with van der Waals surface area (Å²) in [6, 6.07) is 9.98. The summed E-state index contributed by atoms with van der Waals surface area (Å²) < 4.78 is 1.49. The number of hydrogen-bond donors (Lipinski definition) is 2. The lowest BCUT2D eigenvalue weighted by atomic mass is 10.1. The summed E-state index contributed by atoms with van der Waals surface area (Å²) in [6.07, 6.45) is 6.67. The maximum absolute atomic E-state index is 12.0. The molecule has 0 atom stereocenters. The van der Waals surface area contributed by atoms with Crippen molar-refractivity contribution in [3.05, 3.63) is 62.0 Å². The van der Waals surface area contributed by atoms with Crippen LogP contribution in [0, 0.1) is 12.3 Å². The third-order valence-corrected chi connectivity index (χ3v) is 3.92. The van der Waals surface area contributed by atoms with Gasteiger partial charge in [0, 0.05) is 14.5 Å². The van der Waals surface area contributed by atoms with E-state index in [2.05, 4.69) is 48.3 Å². The smallest absolute Gasteiger partial charge is 0.272 e. The third kappa shape index (κ3) is 3.75. The van der Waals surface area contributed by atoms with Gasteiger partial charge in [-0.05, 0) is 46.3 Å². The maximum atomic E-state index is 12.0. The Hall–Kier alpha value is -2.10. The summed E-state index contributed by atoms with van der Waals surface area (Å²) in [4.78, 5) is 12.0. The molecule has 0 spiro atoms. The van der Waals surface area contributed by atoms with Crippen molar-refractivity contribution < 1.29 is 9.90 Å². The largest absolute Gasteiger partial charge is 0.507 e. The van der Waals surface area contributed by atoms with Crippen molar-refractivity contribution in [1.29, 1.82) is 0 Å². The highest BCUT2D eigenvalue weighted by atomic mass is 79.9. The van der Waals surface area contributed by atoms with E-state index in [1.54, 1.807) is 30.3 Å². The Morgan fingerprint density at radius 2 is 2.09 bits per heavy atom. The zero-order valence-corrected chi connectivity index (χ0v) is 14.3. The molecule has 2 N–H and O–H groups in total. The van der Waals surface area contributed by atoms with Crippen LogP contribution in [0.2, 0.25) is 0 Å². The summed E-state index contributed by atoms with van der Waals surface area (Å²) in [7, 11) is 0. The summed E-state index contributed by atoms with van der Waals surface area (Å²) >= 11 is 6.62. The summed E-state index contributed by atoms with van der Waals surface area (Å²) in [5.74, 6) is 2.06. The molecule has 0 bridgehead atoms. The second-order valence-corrected chi connectivity index (χ2v) is 5.98. The lowest BCUT2D eigenvalue weighted by molar-refractivity contribution is 0.0954. The van der Waals surface area contributed by atoms with Gasteiger partial charge in [0.1, 0.15) is 5.75 Å². The molecule has 0 radical (unpaired) electrons. The number of phenols is 1. The van der Waals surface area contributed by atoms with Crippen LogP contribution in [0.15, 0.2) is 50.4 Å². The zero-order chi connectivity index (χ0) is 16.1. The number of halogens is 2. The molecule has 0 aliphatic heterocycles. The first kappa shape index (κ1) is 16.3. The van der Waals surface area contributed by atoms with E-state index in [0.717, 1.165) is 4.47 Å². The standard InChI is InChI=1S/C16H10Br2N2O2/c1-2-10-4-3-5-15(21)13(10)9-19-20-16(22)12-7-6-11(17)8-14(12)18/h1,3-9,21H,(H,20,22). The fourth-order valence-electron chi connectivity index (χ4n) is 1.70. The van der Waals surface area contributed by atoms with Crippen LogP contribution < -0.4 is 5.43 Å². The van der Waals surface area contributed by atoms with Gasteiger partial charge in [-0.25, -0.2) is 5.43 Å². The van der Waals surface area contributed by atoms with E-state index in [0.29, 0.717) is 21.2 Å².